The van der Waals surface area contributed by atoms with Crippen molar-refractivity contribution in [3.8, 4) is 28.5 Å². The topological polar surface area (TPSA) is 108 Å². The molecule has 4 heterocycles. The van der Waals surface area contributed by atoms with Crippen LogP contribution in [0.5, 0.6) is 5.75 Å². The highest BCUT2D eigenvalue weighted by Gasteiger charge is 2.46. The van der Waals surface area contributed by atoms with E-state index in [4.69, 9.17) is 20.4 Å². The van der Waals surface area contributed by atoms with Crippen LogP contribution in [0, 0.1) is 23.6 Å². The van der Waals surface area contributed by atoms with Gasteiger partial charge in [0.25, 0.3) is 5.91 Å². The number of amides is 2. The monoisotopic (exact) mass is 620 g/mol. The smallest absolute Gasteiger partial charge is 0.254 e. The number of primary amides is 1. The van der Waals surface area contributed by atoms with E-state index >= 15 is 4.39 Å². The van der Waals surface area contributed by atoms with Crippen LogP contribution in [-0.4, -0.2) is 55.5 Å². The number of aromatic nitrogens is 4. The summed E-state index contributed by atoms with van der Waals surface area (Å²) < 4.78 is 25.3. The molecule has 3 aliphatic rings. The minimum atomic E-state index is -0.507. The molecular formula is C36H37FN6O3. The van der Waals surface area contributed by atoms with E-state index in [-0.39, 0.29) is 12.3 Å². The number of aryl methyl sites for hydroxylation is 1. The maximum Gasteiger partial charge on any atom is 0.254 e. The molecule has 3 atom stereocenters. The maximum atomic E-state index is 15.2. The van der Waals surface area contributed by atoms with Gasteiger partial charge < -0.3 is 24.5 Å². The second-order valence-corrected chi connectivity index (χ2v) is 13.4. The predicted octanol–water partition coefficient (Wildman–Crippen LogP) is 5.71. The maximum absolute atomic E-state index is 15.2. The number of hydrogen-bond acceptors (Lipinski definition) is 5. The van der Waals surface area contributed by atoms with Crippen LogP contribution < -0.4 is 10.5 Å². The Bertz CT molecular complexity index is 2060. The number of carbonyl (C=O) groups excluding carboxylic acids is 2. The molecule has 1 aliphatic heterocycles. The summed E-state index contributed by atoms with van der Waals surface area (Å²) in [6.45, 7) is 3.85. The number of nitrogens with two attached hydrogens (primary N) is 1. The van der Waals surface area contributed by atoms with Crippen molar-refractivity contribution in [3.63, 3.8) is 0 Å². The lowest BCUT2D eigenvalue weighted by atomic mass is 10.0. The van der Waals surface area contributed by atoms with Gasteiger partial charge in [-0.3, -0.25) is 9.59 Å². The predicted molar refractivity (Wildman–Crippen MR) is 174 cm³/mol. The van der Waals surface area contributed by atoms with Crippen LogP contribution in [0.25, 0.3) is 44.8 Å². The van der Waals surface area contributed by atoms with Crippen LogP contribution in [0.3, 0.4) is 0 Å². The number of imidazole rings is 1. The molecule has 46 heavy (non-hydrogen) atoms. The van der Waals surface area contributed by atoms with Gasteiger partial charge in [0.2, 0.25) is 5.91 Å². The van der Waals surface area contributed by atoms with Gasteiger partial charge in [-0.05, 0) is 91.5 Å². The van der Waals surface area contributed by atoms with Gasteiger partial charge in [-0.1, -0.05) is 13.0 Å². The number of piperidine rings is 1. The van der Waals surface area contributed by atoms with E-state index in [0.29, 0.717) is 57.4 Å². The number of pyridine rings is 1. The summed E-state index contributed by atoms with van der Waals surface area (Å²) in [5.74, 6) is 2.10. The first-order valence-electron chi connectivity index (χ1n) is 16.1. The van der Waals surface area contributed by atoms with Crippen molar-refractivity contribution in [2.24, 2.45) is 30.5 Å². The van der Waals surface area contributed by atoms with Crippen LogP contribution >= 0.6 is 0 Å². The highest BCUT2D eigenvalue weighted by Crippen LogP contribution is 2.44. The lowest BCUT2D eigenvalue weighted by Gasteiger charge is -2.27. The van der Waals surface area contributed by atoms with Gasteiger partial charge in [0, 0.05) is 42.7 Å². The molecule has 0 spiro atoms. The molecule has 2 aromatic carbocycles. The molecule has 2 N–H and O–H groups in total. The van der Waals surface area contributed by atoms with E-state index in [0.717, 1.165) is 60.4 Å². The molecule has 8 rings (SSSR count). The van der Waals surface area contributed by atoms with Crippen molar-refractivity contribution >= 4 is 33.9 Å². The first-order chi connectivity index (χ1) is 22.2. The number of carbonyl (C=O) groups is 2. The molecule has 2 unspecified atom stereocenters. The van der Waals surface area contributed by atoms with Crippen molar-refractivity contribution < 1.29 is 18.7 Å². The SMILES string of the molecule is COc1cc(C(=O)N2CC3CCC2[C@@H]3C)cc2nc(-c3cc4ccc(-c5ccc(CC(N)=O)cc5F)nc4n3CC3CC3)n(C)c12. The number of likely N-dealkylation sites (tertiary alicyclic amines) is 1. The Kier molecular flexibility index (Phi) is 6.67. The van der Waals surface area contributed by atoms with Crippen LogP contribution in [0.15, 0.2) is 48.5 Å². The Morgan fingerprint density at radius 1 is 1.04 bits per heavy atom. The number of halogens is 1. The van der Waals surface area contributed by atoms with Crippen molar-refractivity contribution in [2.45, 2.75) is 51.6 Å². The lowest BCUT2D eigenvalue weighted by Crippen LogP contribution is -2.38. The fraction of sp³-hybridized carbons (Fsp3) is 0.389. The van der Waals surface area contributed by atoms with Gasteiger partial charge >= 0.3 is 0 Å². The molecule has 0 radical (unpaired) electrons. The third-order valence-corrected chi connectivity index (χ3v) is 10.5. The number of ether oxygens (including phenoxy) is 1. The van der Waals surface area contributed by atoms with Gasteiger partial charge in [0.15, 0.2) is 5.82 Å². The number of rotatable bonds is 8. The lowest BCUT2D eigenvalue weighted by molar-refractivity contribution is -0.117. The minimum absolute atomic E-state index is 0.0197. The number of hydrogen-bond donors (Lipinski definition) is 1. The normalized spacial score (nSPS) is 20.7. The van der Waals surface area contributed by atoms with Crippen LogP contribution in [0.4, 0.5) is 4.39 Å². The van der Waals surface area contributed by atoms with E-state index in [1.54, 1.807) is 19.2 Å². The summed E-state index contributed by atoms with van der Waals surface area (Å²) in [5.41, 5.74) is 10.5. The zero-order valence-corrected chi connectivity index (χ0v) is 26.3. The molecule has 2 bridgehead atoms. The molecule has 5 aromatic rings. The highest BCUT2D eigenvalue weighted by molar-refractivity contribution is 6.00. The van der Waals surface area contributed by atoms with E-state index in [1.807, 2.05) is 40.8 Å². The molecule has 236 valence electrons. The average molecular weight is 621 g/mol. The molecule has 10 heteroatoms. The third kappa shape index (κ3) is 4.65. The molecular weight excluding hydrogens is 583 g/mol. The Morgan fingerprint density at radius 2 is 1.87 bits per heavy atom. The molecule has 3 fully saturated rings. The first-order valence-corrected chi connectivity index (χ1v) is 16.1. The standard InChI is InChI=1S/C36H37FN6O3/c1-19-23-8-11-29(19)43(18-23)36(45)24-14-28-33(31(16-24)46-3)41(2)35(40-28)30-15-22-7-10-27(39-34(22)42(30)17-20-4-5-20)25-9-6-21(12-26(25)37)13-32(38)44/h6-7,9-10,12,14-16,19-20,23,29H,4-5,8,11,13,17-18H2,1-3H3,(H2,38,44)/t19-,23?,29?/m1/s1. The molecule has 1 saturated heterocycles. The second kappa shape index (κ2) is 10.7. The van der Waals surface area contributed by atoms with E-state index < -0.39 is 11.7 Å². The van der Waals surface area contributed by atoms with Crippen molar-refractivity contribution in [2.75, 3.05) is 13.7 Å². The van der Waals surface area contributed by atoms with Gasteiger partial charge in [-0.15, -0.1) is 0 Å². The number of fused-ring (bicyclic) bond motifs is 4. The Labute approximate surface area is 266 Å². The summed E-state index contributed by atoms with van der Waals surface area (Å²) >= 11 is 0. The van der Waals surface area contributed by atoms with Gasteiger partial charge in [-0.2, -0.15) is 0 Å². The quantitative estimate of drug-likeness (QED) is 0.239. The Morgan fingerprint density at radius 3 is 2.54 bits per heavy atom. The fourth-order valence-electron chi connectivity index (χ4n) is 7.81. The fourth-order valence-corrected chi connectivity index (χ4v) is 7.81. The minimum Gasteiger partial charge on any atom is -0.494 e. The van der Waals surface area contributed by atoms with Crippen LogP contribution in [-0.2, 0) is 24.8 Å². The van der Waals surface area contributed by atoms with E-state index in [1.165, 1.54) is 12.5 Å². The number of benzene rings is 2. The van der Waals surface area contributed by atoms with Crippen molar-refractivity contribution in [1.29, 1.82) is 0 Å². The van der Waals surface area contributed by atoms with Gasteiger partial charge in [0.1, 0.15) is 22.7 Å². The second-order valence-electron chi connectivity index (χ2n) is 13.4. The van der Waals surface area contributed by atoms with Crippen LogP contribution in [0.2, 0.25) is 0 Å². The van der Waals surface area contributed by atoms with Crippen molar-refractivity contribution in [1.82, 2.24) is 24.0 Å². The first kappa shape index (κ1) is 28.7. The van der Waals surface area contributed by atoms with E-state index in [2.05, 4.69) is 17.6 Å². The summed E-state index contributed by atoms with van der Waals surface area (Å²) in [6.07, 6.45) is 4.54. The molecule has 3 aromatic heterocycles. The van der Waals surface area contributed by atoms with Gasteiger partial charge in [-0.25, -0.2) is 14.4 Å². The Balaban J connectivity index is 1.21. The zero-order valence-electron chi connectivity index (χ0n) is 26.3. The molecule has 2 amide bonds. The highest BCUT2D eigenvalue weighted by atomic mass is 19.1. The van der Waals surface area contributed by atoms with Gasteiger partial charge in [0.05, 0.1) is 30.4 Å². The Hall–Kier alpha value is -4.73. The van der Waals surface area contributed by atoms with Crippen LogP contribution in [0.1, 0.15) is 48.5 Å². The summed E-state index contributed by atoms with van der Waals surface area (Å²) in [6, 6.07) is 14.6. The summed E-state index contributed by atoms with van der Waals surface area (Å²) in [7, 11) is 3.60. The molecule has 2 aliphatic carbocycles. The molecule has 9 nitrogen and oxygen atoms in total. The summed E-state index contributed by atoms with van der Waals surface area (Å²) in [4.78, 5) is 37.2. The van der Waals surface area contributed by atoms with E-state index in [9.17, 15) is 9.59 Å². The molecule has 2 saturated carbocycles. The number of nitrogens with zero attached hydrogens (tertiary/aromatic N) is 5. The third-order valence-electron chi connectivity index (χ3n) is 10.5. The largest absolute Gasteiger partial charge is 0.494 e. The average Bonchev–Trinajstić information content (AvgIpc) is 3.44. The number of methoxy groups -OCH3 is 1. The van der Waals surface area contributed by atoms with Crippen molar-refractivity contribution in [3.05, 3.63) is 65.5 Å². The summed E-state index contributed by atoms with van der Waals surface area (Å²) in [5, 5.41) is 0.929. The zero-order chi connectivity index (χ0) is 31.9.